The van der Waals surface area contributed by atoms with Crippen LogP contribution >= 0.6 is 0 Å². The van der Waals surface area contributed by atoms with Crippen molar-refractivity contribution in [1.29, 1.82) is 0 Å². The number of hydrogen-bond acceptors (Lipinski definition) is 3. The molecular weight excluding hydrogens is 388 g/mol. The van der Waals surface area contributed by atoms with Gasteiger partial charge in [0.15, 0.2) is 0 Å². The zero-order valence-corrected chi connectivity index (χ0v) is 17.9. The lowest BCUT2D eigenvalue weighted by Crippen LogP contribution is -2.35. The van der Waals surface area contributed by atoms with Crippen molar-refractivity contribution in [2.75, 3.05) is 18.6 Å². The second-order valence-electron chi connectivity index (χ2n) is 7.80. The Kier molecular flexibility index (Phi) is 6.03. The fourth-order valence-electron chi connectivity index (χ4n) is 3.91. The quantitative estimate of drug-likeness (QED) is 0.668. The molecule has 31 heavy (non-hydrogen) atoms. The molecule has 0 spiro atoms. The molecule has 1 aliphatic heterocycles. The normalized spacial score (nSPS) is 12.8. The van der Waals surface area contributed by atoms with Crippen molar-refractivity contribution in [3.8, 4) is 5.75 Å². The van der Waals surface area contributed by atoms with Gasteiger partial charge >= 0.3 is 0 Å². The molecule has 2 amide bonds. The van der Waals surface area contributed by atoms with Gasteiger partial charge in [-0.3, -0.25) is 9.59 Å². The van der Waals surface area contributed by atoms with E-state index in [9.17, 15) is 9.59 Å². The third kappa shape index (κ3) is 4.61. The van der Waals surface area contributed by atoms with Crippen LogP contribution < -0.4 is 15.0 Å². The molecule has 0 aliphatic carbocycles. The van der Waals surface area contributed by atoms with E-state index in [2.05, 4.69) is 5.32 Å². The molecule has 0 saturated carbocycles. The summed E-state index contributed by atoms with van der Waals surface area (Å²) in [6, 6.07) is 20.9. The molecule has 1 N–H and O–H groups in total. The molecule has 0 saturated heterocycles. The van der Waals surface area contributed by atoms with E-state index in [1.807, 2.05) is 72.5 Å². The third-order valence-electron chi connectivity index (χ3n) is 5.58. The highest BCUT2D eigenvalue weighted by molar-refractivity contribution is 6.07. The van der Waals surface area contributed by atoms with E-state index in [1.54, 1.807) is 13.2 Å². The Balaban J connectivity index is 1.48. The summed E-state index contributed by atoms with van der Waals surface area (Å²) >= 11 is 0. The van der Waals surface area contributed by atoms with Crippen LogP contribution in [0.5, 0.6) is 5.75 Å². The molecule has 0 atom stereocenters. The van der Waals surface area contributed by atoms with Crippen LogP contribution in [0.4, 0.5) is 5.69 Å². The molecule has 3 aromatic rings. The average molecular weight is 415 g/mol. The molecule has 3 aromatic carbocycles. The lowest BCUT2D eigenvalue weighted by Gasteiger charge is -2.30. The van der Waals surface area contributed by atoms with Crippen molar-refractivity contribution in [2.24, 2.45) is 0 Å². The van der Waals surface area contributed by atoms with Gasteiger partial charge in [0.25, 0.3) is 11.8 Å². The number of fused-ring (bicyclic) bond motifs is 1. The fourth-order valence-corrected chi connectivity index (χ4v) is 3.91. The van der Waals surface area contributed by atoms with E-state index < -0.39 is 0 Å². The summed E-state index contributed by atoms with van der Waals surface area (Å²) in [7, 11) is 1.63. The van der Waals surface area contributed by atoms with Crippen LogP contribution in [0.25, 0.3) is 0 Å². The summed E-state index contributed by atoms with van der Waals surface area (Å²) in [4.78, 5) is 27.6. The fraction of sp³-hybridized carbons (Fsp3) is 0.231. The number of methoxy groups -OCH3 is 1. The number of carbonyl (C=O) groups excluding carboxylic acids is 2. The maximum Gasteiger partial charge on any atom is 0.258 e. The Morgan fingerprint density at radius 3 is 2.55 bits per heavy atom. The van der Waals surface area contributed by atoms with Crippen molar-refractivity contribution in [2.45, 2.75) is 26.3 Å². The number of aryl methyl sites for hydroxylation is 2. The standard InChI is InChI=1S/C26H26N2O3/c1-18-5-3-6-22(15-18)26(30)28-14-4-7-20-16-21(10-13-24(20)28)25(29)27-17-19-8-11-23(31-2)12-9-19/h3,5-6,8-13,15-16H,4,7,14,17H2,1-2H3,(H,27,29). The maximum absolute atomic E-state index is 13.1. The second-order valence-corrected chi connectivity index (χ2v) is 7.80. The summed E-state index contributed by atoms with van der Waals surface area (Å²) in [6.45, 7) is 3.11. The number of nitrogens with zero attached hydrogens (tertiary/aromatic N) is 1. The van der Waals surface area contributed by atoms with Crippen LogP contribution in [0.3, 0.4) is 0 Å². The highest BCUT2D eigenvalue weighted by Crippen LogP contribution is 2.29. The van der Waals surface area contributed by atoms with Gasteiger partial charge in [-0.05, 0) is 73.4 Å². The minimum Gasteiger partial charge on any atom is -0.497 e. The number of amides is 2. The van der Waals surface area contributed by atoms with E-state index in [0.29, 0.717) is 24.2 Å². The van der Waals surface area contributed by atoms with Crippen molar-refractivity contribution in [3.05, 3.63) is 94.5 Å². The Bertz CT molecular complexity index is 1110. The van der Waals surface area contributed by atoms with Gasteiger partial charge in [-0.2, -0.15) is 0 Å². The van der Waals surface area contributed by atoms with Crippen molar-refractivity contribution in [3.63, 3.8) is 0 Å². The summed E-state index contributed by atoms with van der Waals surface area (Å²) in [5.41, 5.74) is 5.29. The summed E-state index contributed by atoms with van der Waals surface area (Å²) < 4.78 is 5.16. The Morgan fingerprint density at radius 1 is 1.00 bits per heavy atom. The zero-order valence-electron chi connectivity index (χ0n) is 17.9. The Labute approximate surface area is 182 Å². The number of nitrogens with one attached hydrogen (secondary N) is 1. The topological polar surface area (TPSA) is 58.6 Å². The number of carbonyl (C=O) groups is 2. The van der Waals surface area contributed by atoms with Gasteiger partial charge in [0.2, 0.25) is 0 Å². The summed E-state index contributed by atoms with van der Waals surface area (Å²) in [5.74, 6) is 0.664. The zero-order chi connectivity index (χ0) is 21.8. The molecule has 1 aliphatic rings. The molecule has 5 heteroatoms. The second kappa shape index (κ2) is 9.04. The van der Waals surface area contributed by atoms with E-state index in [-0.39, 0.29) is 11.8 Å². The van der Waals surface area contributed by atoms with E-state index in [0.717, 1.165) is 41.0 Å². The van der Waals surface area contributed by atoms with Crippen LogP contribution in [-0.4, -0.2) is 25.5 Å². The highest BCUT2D eigenvalue weighted by Gasteiger charge is 2.24. The van der Waals surface area contributed by atoms with Crippen LogP contribution in [0.15, 0.2) is 66.7 Å². The van der Waals surface area contributed by atoms with Gasteiger partial charge in [-0.15, -0.1) is 0 Å². The van der Waals surface area contributed by atoms with E-state index >= 15 is 0 Å². The van der Waals surface area contributed by atoms with Crippen molar-refractivity contribution < 1.29 is 14.3 Å². The molecule has 0 radical (unpaired) electrons. The van der Waals surface area contributed by atoms with Gasteiger partial charge in [0, 0.05) is 29.9 Å². The number of benzene rings is 3. The van der Waals surface area contributed by atoms with Crippen LogP contribution in [-0.2, 0) is 13.0 Å². The van der Waals surface area contributed by atoms with E-state index in [1.165, 1.54) is 0 Å². The number of hydrogen-bond donors (Lipinski definition) is 1. The van der Waals surface area contributed by atoms with Gasteiger partial charge < -0.3 is 15.0 Å². The monoisotopic (exact) mass is 414 g/mol. The van der Waals surface area contributed by atoms with Crippen LogP contribution in [0, 0.1) is 6.92 Å². The molecule has 5 nitrogen and oxygen atoms in total. The molecule has 4 rings (SSSR count). The van der Waals surface area contributed by atoms with Crippen molar-refractivity contribution in [1.82, 2.24) is 5.32 Å². The minimum atomic E-state index is -0.124. The molecule has 1 heterocycles. The molecule has 0 fully saturated rings. The molecule has 0 bridgehead atoms. The van der Waals surface area contributed by atoms with Crippen molar-refractivity contribution >= 4 is 17.5 Å². The highest BCUT2D eigenvalue weighted by atomic mass is 16.5. The summed E-state index contributed by atoms with van der Waals surface area (Å²) in [5, 5.41) is 2.97. The van der Waals surface area contributed by atoms with Gasteiger partial charge in [0.05, 0.1) is 7.11 Å². The number of rotatable bonds is 5. The first kappa shape index (κ1) is 20.7. The lowest BCUT2D eigenvalue weighted by atomic mass is 9.98. The smallest absolute Gasteiger partial charge is 0.258 e. The number of ether oxygens (including phenoxy) is 1. The average Bonchev–Trinajstić information content (AvgIpc) is 2.81. The first-order valence-electron chi connectivity index (χ1n) is 10.5. The largest absolute Gasteiger partial charge is 0.497 e. The van der Waals surface area contributed by atoms with Gasteiger partial charge in [-0.25, -0.2) is 0 Å². The molecule has 0 unspecified atom stereocenters. The van der Waals surface area contributed by atoms with E-state index in [4.69, 9.17) is 4.74 Å². The molecule has 0 aromatic heterocycles. The Morgan fingerprint density at radius 2 is 1.81 bits per heavy atom. The van der Waals surface area contributed by atoms with Crippen LogP contribution in [0.1, 0.15) is 43.8 Å². The predicted octanol–water partition coefficient (Wildman–Crippen LogP) is 4.53. The third-order valence-corrected chi connectivity index (χ3v) is 5.58. The first-order valence-corrected chi connectivity index (χ1v) is 10.5. The lowest BCUT2D eigenvalue weighted by molar-refractivity contribution is 0.0950. The first-order chi connectivity index (χ1) is 15.0. The predicted molar refractivity (Wildman–Crippen MR) is 122 cm³/mol. The van der Waals surface area contributed by atoms with Gasteiger partial charge in [0.1, 0.15) is 5.75 Å². The molecule has 158 valence electrons. The number of anilines is 1. The minimum absolute atomic E-state index is 0.00126. The SMILES string of the molecule is COc1ccc(CNC(=O)c2ccc3c(c2)CCCN3C(=O)c2cccc(C)c2)cc1. The van der Waals surface area contributed by atoms with Gasteiger partial charge in [-0.1, -0.05) is 29.8 Å². The maximum atomic E-state index is 13.1. The van der Waals surface area contributed by atoms with Crippen LogP contribution in [0.2, 0.25) is 0 Å². The Hall–Kier alpha value is -3.60. The summed E-state index contributed by atoms with van der Waals surface area (Å²) in [6.07, 6.45) is 1.73. The molecular formula is C26H26N2O3.